The van der Waals surface area contributed by atoms with E-state index in [9.17, 15) is 8.78 Å². The van der Waals surface area contributed by atoms with Gasteiger partial charge >= 0.3 is 0 Å². The number of hydrogen-bond donors (Lipinski definition) is 2. The molecule has 0 saturated heterocycles. The number of benzene rings is 1. The second-order valence-corrected chi connectivity index (χ2v) is 3.21. The molecular formula is C11H12F2N2O. The first kappa shape index (κ1) is 12.6. The Morgan fingerprint density at radius 3 is 2.25 bits per heavy atom. The highest BCUT2D eigenvalue weighted by atomic mass is 19.3. The Labute approximate surface area is 92.3 Å². The highest BCUT2D eigenvalue weighted by Crippen LogP contribution is 2.20. The molecule has 0 aliphatic rings. The van der Waals surface area contributed by atoms with Crippen molar-refractivity contribution in [3.63, 3.8) is 0 Å². The largest absolute Gasteiger partial charge is 0.395 e. The second kappa shape index (κ2) is 6.16. The topological polar surface area (TPSA) is 56.0 Å². The molecule has 1 aromatic carbocycles. The highest BCUT2D eigenvalue weighted by molar-refractivity contribution is 5.28. The minimum absolute atomic E-state index is 0.0670. The minimum Gasteiger partial charge on any atom is -0.395 e. The molecule has 0 bridgehead atoms. The van der Waals surface area contributed by atoms with Gasteiger partial charge in [0.1, 0.15) is 6.04 Å². The fraction of sp³-hybridized carbons (Fsp3) is 0.364. The molecule has 1 aromatic rings. The number of nitrogens with one attached hydrogen (secondary N) is 1. The predicted molar refractivity (Wildman–Crippen MR) is 54.8 cm³/mol. The number of hydrogen-bond acceptors (Lipinski definition) is 3. The van der Waals surface area contributed by atoms with Crippen molar-refractivity contribution in [2.24, 2.45) is 0 Å². The minimum atomic E-state index is -2.50. The zero-order valence-electron chi connectivity index (χ0n) is 8.53. The van der Waals surface area contributed by atoms with Gasteiger partial charge in [0.25, 0.3) is 6.43 Å². The maximum atomic E-state index is 12.3. The van der Waals surface area contributed by atoms with E-state index in [1.54, 1.807) is 0 Å². The van der Waals surface area contributed by atoms with Gasteiger partial charge in [-0.2, -0.15) is 5.26 Å². The van der Waals surface area contributed by atoms with Crippen LogP contribution in [0.25, 0.3) is 0 Å². The van der Waals surface area contributed by atoms with Gasteiger partial charge in [0.15, 0.2) is 0 Å². The van der Waals surface area contributed by atoms with E-state index in [1.165, 1.54) is 24.3 Å². The summed E-state index contributed by atoms with van der Waals surface area (Å²) in [5, 5.41) is 20.2. The first-order valence-electron chi connectivity index (χ1n) is 4.81. The van der Waals surface area contributed by atoms with Crippen molar-refractivity contribution in [3.05, 3.63) is 35.4 Å². The fourth-order valence-electron chi connectivity index (χ4n) is 1.28. The molecule has 3 nitrogen and oxygen atoms in total. The lowest BCUT2D eigenvalue weighted by Crippen LogP contribution is -2.23. The van der Waals surface area contributed by atoms with E-state index in [1.807, 2.05) is 6.07 Å². The van der Waals surface area contributed by atoms with E-state index in [0.29, 0.717) is 5.56 Å². The zero-order valence-corrected chi connectivity index (χ0v) is 8.53. The summed E-state index contributed by atoms with van der Waals surface area (Å²) in [6, 6.07) is 6.97. The summed E-state index contributed by atoms with van der Waals surface area (Å²) in [4.78, 5) is 0. The molecule has 0 fully saturated rings. The van der Waals surface area contributed by atoms with Crippen molar-refractivity contribution in [3.8, 4) is 6.07 Å². The number of halogens is 2. The van der Waals surface area contributed by atoms with Crippen molar-refractivity contribution in [1.82, 2.24) is 5.32 Å². The number of aliphatic hydroxyl groups is 1. The molecule has 0 radical (unpaired) electrons. The van der Waals surface area contributed by atoms with E-state index in [0.717, 1.165) is 0 Å². The van der Waals surface area contributed by atoms with Crippen LogP contribution in [0, 0.1) is 11.3 Å². The Hall–Kier alpha value is -1.51. The number of nitrogens with zero attached hydrogens (tertiary/aromatic N) is 1. The average molecular weight is 226 g/mol. The van der Waals surface area contributed by atoms with Crippen LogP contribution in [-0.2, 0) is 0 Å². The molecule has 0 aromatic heterocycles. The standard InChI is InChI=1S/C11H12F2N2O/c12-11(13)9-3-1-8(2-4-9)10(7-14)15-5-6-16/h1-4,10-11,15-16H,5-6H2. The molecule has 86 valence electrons. The van der Waals surface area contributed by atoms with Gasteiger partial charge in [0.2, 0.25) is 0 Å². The quantitative estimate of drug-likeness (QED) is 0.804. The third-order valence-electron chi connectivity index (χ3n) is 2.11. The Morgan fingerprint density at radius 2 is 1.81 bits per heavy atom. The normalized spacial score (nSPS) is 12.4. The monoisotopic (exact) mass is 226 g/mol. The van der Waals surface area contributed by atoms with Crippen LogP contribution in [-0.4, -0.2) is 18.3 Å². The fourth-order valence-corrected chi connectivity index (χ4v) is 1.28. The van der Waals surface area contributed by atoms with E-state index in [4.69, 9.17) is 10.4 Å². The van der Waals surface area contributed by atoms with Gasteiger partial charge in [-0.25, -0.2) is 8.78 Å². The molecule has 0 spiro atoms. The molecular weight excluding hydrogens is 214 g/mol. The number of rotatable bonds is 5. The lowest BCUT2D eigenvalue weighted by atomic mass is 10.1. The van der Waals surface area contributed by atoms with Crippen molar-refractivity contribution < 1.29 is 13.9 Å². The molecule has 1 rings (SSSR count). The van der Waals surface area contributed by atoms with Crippen LogP contribution in [0.5, 0.6) is 0 Å². The molecule has 0 aliphatic heterocycles. The van der Waals surface area contributed by atoms with Gasteiger partial charge < -0.3 is 5.11 Å². The highest BCUT2D eigenvalue weighted by Gasteiger charge is 2.11. The van der Waals surface area contributed by atoms with Crippen LogP contribution in [0.15, 0.2) is 24.3 Å². The Kier molecular flexibility index (Phi) is 4.83. The van der Waals surface area contributed by atoms with Crippen molar-refractivity contribution in [2.45, 2.75) is 12.5 Å². The van der Waals surface area contributed by atoms with E-state index >= 15 is 0 Å². The molecule has 1 unspecified atom stereocenters. The van der Waals surface area contributed by atoms with Crippen LogP contribution in [0.4, 0.5) is 8.78 Å². The van der Waals surface area contributed by atoms with Crippen LogP contribution < -0.4 is 5.32 Å². The van der Waals surface area contributed by atoms with Gasteiger partial charge in [-0.15, -0.1) is 0 Å². The smallest absolute Gasteiger partial charge is 0.263 e. The third kappa shape index (κ3) is 3.26. The van der Waals surface area contributed by atoms with E-state index in [-0.39, 0.29) is 18.7 Å². The summed E-state index contributed by atoms with van der Waals surface area (Å²) in [5.74, 6) is 0. The van der Waals surface area contributed by atoms with Gasteiger partial charge in [0.05, 0.1) is 12.7 Å². The Morgan fingerprint density at radius 1 is 1.25 bits per heavy atom. The Bertz CT molecular complexity index is 359. The van der Waals surface area contributed by atoms with Crippen LogP contribution in [0.3, 0.4) is 0 Å². The van der Waals surface area contributed by atoms with Gasteiger partial charge in [-0.3, -0.25) is 5.32 Å². The molecule has 2 N–H and O–H groups in total. The Balaban J connectivity index is 2.75. The number of aliphatic hydroxyl groups excluding tert-OH is 1. The SMILES string of the molecule is N#CC(NCCO)c1ccc(C(F)F)cc1. The van der Waals surface area contributed by atoms with E-state index in [2.05, 4.69) is 5.32 Å². The summed E-state index contributed by atoms with van der Waals surface area (Å²) in [7, 11) is 0. The maximum absolute atomic E-state index is 12.3. The maximum Gasteiger partial charge on any atom is 0.263 e. The summed E-state index contributed by atoms with van der Waals surface area (Å²) >= 11 is 0. The molecule has 5 heteroatoms. The number of alkyl halides is 2. The van der Waals surface area contributed by atoms with Crippen molar-refractivity contribution in [1.29, 1.82) is 5.26 Å². The van der Waals surface area contributed by atoms with Crippen LogP contribution >= 0.6 is 0 Å². The molecule has 0 saturated carbocycles. The third-order valence-corrected chi connectivity index (χ3v) is 2.11. The lowest BCUT2D eigenvalue weighted by Gasteiger charge is -2.11. The molecule has 16 heavy (non-hydrogen) atoms. The molecule has 0 amide bonds. The van der Waals surface area contributed by atoms with Gasteiger partial charge in [-0.1, -0.05) is 24.3 Å². The van der Waals surface area contributed by atoms with Crippen LogP contribution in [0.1, 0.15) is 23.6 Å². The molecule has 0 aliphatic carbocycles. The van der Waals surface area contributed by atoms with Crippen molar-refractivity contribution in [2.75, 3.05) is 13.2 Å². The van der Waals surface area contributed by atoms with Gasteiger partial charge in [-0.05, 0) is 5.56 Å². The second-order valence-electron chi connectivity index (χ2n) is 3.21. The summed E-state index contributed by atoms with van der Waals surface area (Å²) in [5.41, 5.74) is 0.544. The summed E-state index contributed by atoms with van der Waals surface area (Å²) in [6.07, 6.45) is -2.50. The summed E-state index contributed by atoms with van der Waals surface area (Å²) in [6.45, 7) is 0.210. The first-order chi connectivity index (χ1) is 7.69. The first-order valence-corrected chi connectivity index (χ1v) is 4.81. The summed E-state index contributed by atoms with van der Waals surface area (Å²) < 4.78 is 24.5. The molecule has 1 atom stereocenters. The van der Waals surface area contributed by atoms with Crippen molar-refractivity contribution >= 4 is 0 Å². The van der Waals surface area contributed by atoms with Crippen LogP contribution in [0.2, 0.25) is 0 Å². The number of nitriles is 1. The van der Waals surface area contributed by atoms with E-state index < -0.39 is 12.5 Å². The molecule has 0 heterocycles. The lowest BCUT2D eigenvalue weighted by molar-refractivity contribution is 0.151. The average Bonchev–Trinajstić information content (AvgIpc) is 2.30. The zero-order chi connectivity index (χ0) is 12.0. The van der Waals surface area contributed by atoms with Gasteiger partial charge in [0, 0.05) is 12.1 Å². The predicted octanol–water partition coefficient (Wildman–Crippen LogP) is 1.77.